The van der Waals surface area contributed by atoms with E-state index in [4.69, 9.17) is 0 Å². The van der Waals surface area contributed by atoms with Gasteiger partial charge in [-0.05, 0) is 26.2 Å². The Bertz CT molecular complexity index is 352. The van der Waals surface area contributed by atoms with E-state index >= 15 is 0 Å². The molecule has 0 fully saturated rings. The van der Waals surface area contributed by atoms with Gasteiger partial charge in [-0.3, -0.25) is 0 Å². The highest BCUT2D eigenvalue weighted by Crippen LogP contribution is 1.96. The van der Waals surface area contributed by atoms with Gasteiger partial charge in [0.2, 0.25) is 0 Å². The molecule has 0 saturated heterocycles. The fourth-order valence-corrected chi connectivity index (χ4v) is 1.10. The van der Waals surface area contributed by atoms with Crippen LogP contribution in [0.2, 0.25) is 0 Å². The summed E-state index contributed by atoms with van der Waals surface area (Å²) in [5.74, 6) is 6.12. The van der Waals surface area contributed by atoms with Crippen molar-refractivity contribution in [1.29, 1.82) is 0 Å². The first kappa shape index (κ1) is 10.6. The van der Waals surface area contributed by atoms with Gasteiger partial charge in [0.1, 0.15) is 0 Å². The van der Waals surface area contributed by atoms with Crippen LogP contribution in [-0.4, -0.2) is 25.5 Å². The van der Waals surface area contributed by atoms with E-state index in [0.717, 1.165) is 17.7 Å². The maximum absolute atomic E-state index is 3.89. The van der Waals surface area contributed by atoms with Crippen LogP contribution in [0.5, 0.6) is 0 Å². The summed E-state index contributed by atoms with van der Waals surface area (Å²) >= 11 is 0. The molecule has 1 heteroatoms. The van der Waals surface area contributed by atoms with Gasteiger partial charge in [-0.15, -0.1) is 0 Å². The molecule has 14 heavy (non-hydrogen) atoms. The summed E-state index contributed by atoms with van der Waals surface area (Å²) < 4.78 is 0. The summed E-state index contributed by atoms with van der Waals surface area (Å²) in [6, 6.07) is 9.95. The van der Waals surface area contributed by atoms with E-state index in [-0.39, 0.29) is 0 Å². The molecular formula is C13H15N. The van der Waals surface area contributed by atoms with Crippen molar-refractivity contribution in [2.24, 2.45) is 0 Å². The van der Waals surface area contributed by atoms with Crippen LogP contribution < -0.4 is 0 Å². The molecule has 0 aliphatic carbocycles. The summed E-state index contributed by atoms with van der Waals surface area (Å²) in [5.41, 5.74) is 1.98. The number of rotatable bonds is 2. The van der Waals surface area contributed by atoms with Crippen molar-refractivity contribution in [2.45, 2.75) is 0 Å². The molecule has 0 aliphatic heterocycles. The fraction of sp³-hybridized carbons (Fsp3) is 0.231. The Hall–Kier alpha value is -1.52. The number of hydrogen-bond donors (Lipinski definition) is 0. The van der Waals surface area contributed by atoms with Crippen molar-refractivity contribution in [3.63, 3.8) is 0 Å². The molecule has 0 N–H and O–H groups in total. The summed E-state index contributed by atoms with van der Waals surface area (Å²) in [6.07, 6.45) is 0. The zero-order chi connectivity index (χ0) is 10.4. The molecule has 1 nitrogen and oxygen atoms in total. The van der Waals surface area contributed by atoms with Gasteiger partial charge in [0.05, 0.1) is 0 Å². The van der Waals surface area contributed by atoms with Gasteiger partial charge >= 0.3 is 0 Å². The van der Waals surface area contributed by atoms with Crippen LogP contribution in [-0.2, 0) is 0 Å². The largest absolute Gasteiger partial charge is 0.305 e. The molecule has 0 heterocycles. The Balaban J connectivity index is 2.60. The molecule has 0 radical (unpaired) electrons. The molecule has 0 saturated carbocycles. The Labute approximate surface area is 86.1 Å². The smallest absolute Gasteiger partial charge is 0.0301 e. The second-order valence-electron chi connectivity index (χ2n) is 3.46. The normalized spacial score (nSPS) is 9.36. The van der Waals surface area contributed by atoms with Crippen LogP contribution in [0, 0.1) is 11.8 Å². The van der Waals surface area contributed by atoms with Crippen molar-refractivity contribution in [3.05, 3.63) is 48.0 Å². The van der Waals surface area contributed by atoms with E-state index in [2.05, 4.69) is 23.3 Å². The highest BCUT2D eigenvalue weighted by atomic mass is 15.0. The van der Waals surface area contributed by atoms with Crippen molar-refractivity contribution in [1.82, 2.24) is 4.90 Å². The Morgan fingerprint density at radius 3 is 2.50 bits per heavy atom. The molecule has 0 bridgehead atoms. The third-order valence-corrected chi connectivity index (χ3v) is 1.66. The zero-order valence-electron chi connectivity index (χ0n) is 8.75. The van der Waals surface area contributed by atoms with Crippen molar-refractivity contribution < 1.29 is 0 Å². The van der Waals surface area contributed by atoms with E-state index in [9.17, 15) is 0 Å². The number of likely N-dealkylation sites (N-methyl/N-ethyl adjacent to an activating group) is 1. The van der Waals surface area contributed by atoms with Gasteiger partial charge in [0, 0.05) is 17.7 Å². The lowest BCUT2D eigenvalue weighted by Gasteiger charge is -2.06. The van der Waals surface area contributed by atoms with Gasteiger partial charge < -0.3 is 4.90 Å². The van der Waals surface area contributed by atoms with Gasteiger partial charge in [0.25, 0.3) is 0 Å². The fourth-order valence-electron chi connectivity index (χ4n) is 1.10. The van der Waals surface area contributed by atoms with Crippen LogP contribution in [0.15, 0.2) is 42.5 Å². The number of nitrogens with zero attached hydrogens (tertiary/aromatic N) is 1. The molecule has 1 rings (SSSR count). The van der Waals surface area contributed by atoms with Crippen LogP contribution in [0.25, 0.3) is 0 Å². The lowest BCUT2D eigenvalue weighted by molar-refractivity contribution is 0.450. The van der Waals surface area contributed by atoms with Crippen LogP contribution in [0.1, 0.15) is 5.56 Å². The van der Waals surface area contributed by atoms with Gasteiger partial charge in [0.15, 0.2) is 0 Å². The Morgan fingerprint density at radius 1 is 1.29 bits per heavy atom. The van der Waals surface area contributed by atoms with Crippen molar-refractivity contribution >= 4 is 0 Å². The minimum Gasteiger partial charge on any atom is -0.305 e. The van der Waals surface area contributed by atoms with E-state index in [1.165, 1.54) is 0 Å². The first-order valence-electron chi connectivity index (χ1n) is 4.58. The summed E-state index contributed by atoms with van der Waals surface area (Å²) in [5, 5.41) is 0. The van der Waals surface area contributed by atoms with Gasteiger partial charge in [-0.1, -0.05) is 36.6 Å². The molecule has 0 aliphatic rings. The average Bonchev–Trinajstić information content (AvgIpc) is 2.15. The molecule has 0 amide bonds. The van der Waals surface area contributed by atoms with Gasteiger partial charge in [-0.25, -0.2) is 0 Å². The van der Waals surface area contributed by atoms with Crippen LogP contribution in [0.3, 0.4) is 0 Å². The van der Waals surface area contributed by atoms with Gasteiger partial charge in [-0.2, -0.15) is 0 Å². The molecule has 0 spiro atoms. The lowest BCUT2D eigenvalue weighted by Crippen LogP contribution is -2.13. The predicted octanol–water partition coefficient (Wildman–Crippen LogP) is 2.16. The monoisotopic (exact) mass is 185 g/mol. The minimum atomic E-state index is 0.819. The third kappa shape index (κ3) is 3.93. The minimum absolute atomic E-state index is 0.819. The summed E-state index contributed by atoms with van der Waals surface area (Å²) in [7, 11) is 4.02. The highest BCUT2D eigenvalue weighted by molar-refractivity contribution is 5.39. The second kappa shape index (κ2) is 5.26. The van der Waals surface area contributed by atoms with E-state index in [0.29, 0.717) is 0 Å². The second-order valence-corrected chi connectivity index (χ2v) is 3.46. The standard InChI is InChI=1S/C13H15N/c1-12(11-14(2)3)9-10-13-7-5-4-6-8-13/h4-8H,1,11H2,2-3H3. The summed E-state index contributed by atoms with van der Waals surface area (Å²) in [4.78, 5) is 2.06. The van der Waals surface area contributed by atoms with E-state index in [1.54, 1.807) is 0 Å². The summed E-state index contributed by atoms with van der Waals surface area (Å²) in [6.45, 7) is 4.71. The third-order valence-electron chi connectivity index (χ3n) is 1.66. The molecule has 0 atom stereocenters. The first-order valence-corrected chi connectivity index (χ1v) is 4.58. The molecule has 0 aromatic heterocycles. The van der Waals surface area contributed by atoms with Crippen molar-refractivity contribution in [2.75, 3.05) is 20.6 Å². The number of hydrogen-bond acceptors (Lipinski definition) is 1. The molecular weight excluding hydrogens is 170 g/mol. The van der Waals surface area contributed by atoms with E-state index in [1.807, 2.05) is 44.4 Å². The Kier molecular flexibility index (Phi) is 3.97. The molecule has 0 unspecified atom stereocenters. The SMILES string of the molecule is C=C(C#Cc1ccccc1)CN(C)C. The van der Waals surface area contributed by atoms with Crippen LogP contribution >= 0.6 is 0 Å². The topological polar surface area (TPSA) is 3.24 Å². The average molecular weight is 185 g/mol. The molecule has 1 aromatic rings. The van der Waals surface area contributed by atoms with Crippen LogP contribution in [0.4, 0.5) is 0 Å². The van der Waals surface area contributed by atoms with E-state index < -0.39 is 0 Å². The number of benzene rings is 1. The Morgan fingerprint density at radius 2 is 1.93 bits per heavy atom. The molecule has 1 aromatic carbocycles. The lowest BCUT2D eigenvalue weighted by atomic mass is 10.2. The maximum atomic E-state index is 3.89. The maximum Gasteiger partial charge on any atom is 0.0301 e. The predicted molar refractivity (Wildman–Crippen MR) is 61.0 cm³/mol. The molecule has 72 valence electrons. The zero-order valence-corrected chi connectivity index (χ0v) is 8.75. The van der Waals surface area contributed by atoms with Crippen molar-refractivity contribution in [3.8, 4) is 11.8 Å². The quantitative estimate of drug-likeness (QED) is 0.638. The highest BCUT2D eigenvalue weighted by Gasteiger charge is 1.90. The first-order chi connectivity index (χ1) is 6.68.